The molecule has 1 saturated heterocycles. The minimum Gasteiger partial charge on any atom is -0.383 e. The maximum Gasteiger partial charge on any atom is 0.237 e. The highest BCUT2D eigenvalue weighted by Gasteiger charge is 2.30. The number of nitrogen functional groups attached to an aromatic ring is 2. The lowest BCUT2D eigenvalue weighted by molar-refractivity contribution is -0.121. The van der Waals surface area contributed by atoms with E-state index in [0.29, 0.717) is 0 Å². The fourth-order valence-electron chi connectivity index (χ4n) is 1.36. The topological polar surface area (TPSA) is 115 Å². The monoisotopic (exact) mass is 207 g/mol. The van der Waals surface area contributed by atoms with Gasteiger partial charge in [-0.05, 0) is 0 Å². The molecule has 2 rings (SSSR count). The lowest BCUT2D eigenvalue weighted by atomic mass is 10.3. The van der Waals surface area contributed by atoms with E-state index in [9.17, 15) is 9.59 Å². The van der Waals surface area contributed by atoms with Crippen LogP contribution >= 0.6 is 0 Å². The maximum atomic E-state index is 11.4. The lowest BCUT2D eigenvalue weighted by Gasteiger charge is -2.12. The number of hydrogen-bond donors (Lipinski definition) is 2. The molecule has 1 aromatic rings. The van der Waals surface area contributed by atoms with E-state index in [1.165, 1.54) is 11.0 Å². The van der Waals surface area contributed by atoms with E-state index in [1.54, 1.807) is 0 Å². The third-order valence-corrected chi connectivity index (χ3v) is 1.98. The zero-order valence-corrected chi connectivity index (χ0v) is 7.80. The van der Waals surface area contributed by atoms with E-state index >= 15 is 0 Å². The van der Waals surface area contributed by atoms with Crippen molar-refractivity contribution in [2.24, 2.45) is 0 Å². The van der Waals surface area contributed by atoms with Gasteiger partial charge in [0.1, 0.15) is 11.6 Å². The molecule has 0 saturated carbocycles. The van der Waals surface area contributed by atoms with Crippen LogP contribution in [0.3, 0.4) is 0 Å². The second-order valence-electron chi connectivity index (χ2n) is 3.21. The Bertz CT molecular complexity index is 424. The molecule has 7 heteroatoms. The van der Waals surface area contributed by atoms with Gasteiger partial charge in [-0.2, -0.15) is 9.97 Å². The van der Waals surface area contributed by atoms with Crippen LogP contribution in [-0.4, -0.2) is 28.2 Å². The predicted octanol–water partition coefficient (Wildman–Crippen LogP) is -1.05. The summed E-state index contributed by atoms with van der Waals surface area (Å²) in [7, 11) is 0. The molecular formula is C8H9N5O2. The maximum absolute atomic E-state index is 11.4. The molecule has 1 aliphatic rings. The SMILES string of the molecule is Nc1cc(N)nc(N2CC(=O)CC2=O)n1. The van der Waals surface area contributed by atoms with Crippen molar-refractivity contribution in [3.63, 3.8) is 0 Å². The van der Waals surface area contributed by atoms with Crippen molar-refractivity contribution in [2.45, 2.75) is 6.42 Å². The molecule has 0 aliphatic carbocycles. The molecule has 15 heavy (non-hydrogen) atoms. The first-order chi connectivity index (χ1) is 7.06. The number of carbonyl (C=O) groups is 2. The molecule has 0 bridgehead atoms. The summed E-state index contributed by atoms with van der Waals surface area (Å²) >= 11 is 0. The number of nitrogens with zero attached hydrogens (tertiary/aromatic N) is 3. The van der Waals surface area contributed by atoms with Crippen molar-refractivity contribution in [3.8, 4) is 0 Å². The molecule has 1 aliphatic heterocycles. The van der Waals surface area contributed by atoms with Crippen molar-refractivity contribution in [3.05, 3.63) is 6.07 Å². The van der Waals surface area contributed by atoms with E-state index in [-0.39, 0.29) is 42.2 Å². The molecule has 78 valence electrons. The molecule has 1 aromatic heterocycles. The van der Waals surface area contributed by atoms with E-state index in [4.69, 9.17) is 11.5 Å². The molecule has 2 heterocycles. The van der Waals surface area contributed by atoms with Crippen LogP contribution in [0.25, 0.3) is 0 Å². The van der Waals surface area contributed by atoms with Gasteiger partial charge < -0.3 is 11.5 Å². The molecule has 0 radical (unpaired) electrons. The number of rotatable bonds is 1. The van der Waals surface area contributed by atoms with Gasteiger partial charge in [0.05, 0.1) is 13.0 Å². The fraction of sp³-hybridized carbons (Fsp3) is 0.250. The smallest absolute Gasteiger partial charge is 0.237 e. The summed E-state index contributed by atoms with van der Waals surface area (Å²) in [5, 5.41) is 0. The molecule has 0 spiro atoms. The van der Waals surface area contributed by atoms with E-state index in [0.717, 1.165) is 0 Å². The lowest BCUT2D eigenvalue weighted by Crippen LogP contribution is -2.27. The average Bonchev–Trinajstić information content (AvgIpc) is 2.43. The highest BCUT2D eigenvalue weighted by atomic mass is 16.2. The van der Waals surface area contributed by atoms with E-state index < -0.39 is 0 Å². The van der Waals surface area contributed by atoms with Gasteiger partial charge in [-0.15, -0.1) is 0 Å². The number of anilines is 3. The van der Waals surface area contributed by atoms with Crippen LogP contribution in [0.1, 0.15) is 6.42 Å². The summed E-state index contributed by atoms with van der Waals surface area (Å²) in [5.41, 5.74) is 10.9. The first-order valence-corrected chi connectivity index (χ1v) is 4.28. The van der Waals surface area contributed by atoms with Crippen LogP contribution in [0.15, 0.2) is 6.07 Å². The van der Waals surface area contributed by atoms with Gasteiger partial charge in [0.25, 0.3) is 0 Å². The van der Waals surface area contributed by atoms with Gasteiger partial charge in [0.2, 0.25) is 11.9 Å². The Morgan fingerprint density at radius 3 is 2.27 bits per heavy atom. The Labute approximate surface area is 85.1 Å². The molecule has 0 unspecified atom stereocenters. The number of nitrogens with two attached hydrogens (primary N) is 2. The van der Waals surface area contributed by atoms with Crippen LogP contribution in [0, 0.1) is 0 Å². The molecule has 4 N–H and O–H groups in total. The van der Waals surface area contributed by atoms with Gasteiger partial charge in [-0.3, -0.25) is 14.5 Å². The van der Waals surface area contributed by atoms with Gasteiger partial charge in [-0.25, -0.2) is 0 Å². The summed E-state index contributed by atoms with van der Waals surface area (Å²) in [5.74, 6) is -0.0627. The van der Waals surface area contributed by atoms with Crippen LogP contribution in [0.4, 0.5) is 17.6 Å². The van der Waals surface area contributed by atoms with Crippen LogP contribution in [-0.2, 0) is 9.59 Å². The number of amides is 1. The van der Waals surface area contributed by atoms with Crippen LogP contribution < -0.4 is 16.4 Å². The Balaban J connectivity index is 2.37. The van der Waals surface area contributed by atoms with E-state index in [1.807, 2.05) is 0 Å². The van der Waals surface area contributed by atoms with Crippen molar-refractivity contribution < 1.29 is 9.59 Å². The molecule has 0 aromatic carbocycles. The number of aromatic nitrogens is 2. The summed E-state index contributed by atoms with van der Waals surface area (Å²) in [6.45, 7) is -0.0122. The average molecular weight is 207 g/mol. The van der Waals surface area contributed by atoms with Crippen molar-refractivity contribution in [1.82, 2.24) is 9.97 Å². The van der Waals surface area contributed by atoms with Gasteiger partial charge in [-0.1, -0.05) is 0 Å². The summed E-state index contributed by atoms with van der Waals surface area (Å²) in [6.07, 6.45) is -0.113. The van der Waals surface area contributed by atoms with Crippen LogP contribution in [0.5, 0.6) is 0 Å². The van der Waals surface area contributed by atoms with Crippen LogP contribution in [0.2, 0.25) is 0 Å². The number of ketones is 1. The van der Waals surface area contributed by atoms with Gasteiger partial charge in [0.15, 0.2) is 5.78 Å². The van der Waals surface area contributed by atoms with Crippen molar-refractivity contribution in [2.75, 3.05) is 22.9 Å². The predicted molar refractivity (Wildman–Crippen MR) is 52.8 cm³/mol. The Morgan fingerprint density at radius 1 is 1.20 bits per heavy atom. The minimum atomic E-state index is -0.329. The Morgan fingerprint density at radius 2 is 1.80 bits per heavy atom. The summed E-state index contributed by atoms with van der Waals surface area (Å²) in [4.78, 5) is 31.2. The number of hydrogen-bond acceptors (Lipinski definition) is 6. The van der Waals surface area contributed by atoms with Crippen molar-refractivity contribution in [1.29, 1.82) is 0 Å². The first-order valence-electron chi connectivity index (χ1n) is 4.28. The summed E-state index contributed by atoms with van der Waals surface area (Å²) in [6, 6.07) is 1.38. The zero-order chi connectivity index (χ0) is 11.0. The highest BCUT2D eigenvalue weighted by molar-refractivity contribution is 6.14. The minimum absolute atomic E-state index is 0.0122. The molecule has 1 fully saturated rings. The molecule has 1 amide bonds. The quantitative estimate of drug-likeness (QED) is 0.567. The third-order valence-electron chi connectivity index (χ3n) is 1.98. The number of carbonyl (C=O) groups excluding carboxylic acids is 2. The molecule has 7 nitrogen and oxygen atoms in total. The largest absolute Gasteiger partial charge is 0.383 e. The summed E-state index contributed by atoms with van der Waals surface area (Å²) < 4.78 is 0. The van der Waals surface area contributed by atoms with Crippen molar-refractivity contribution >= 4 is 29.3 Å². The number of Topliss-reactive ketones (excluding diaryl/α,β-unsaturated/α-hetero) is 1. The standard InChI is InChI=1S/C8H9N5O2/c9-5-2-6(10)12-8(11-5)13-3-4(14)1-7(13)15/h2H,1,3H2,(H4,9,10,11,12). The Kier molecular flexibility index (Phi) is 2.00. The van der Waals surface area contributed by atoms with Gasteiger partial charge >= 0.3 is 0 Å². The third kappa shape index (κ3) is 1.71. The molecule has 0 atom stereocenters. The fourth-order valence-corrected chi connectivity index (χ4v) is 1.36. The molecular weight excluding hydrogens is 198 g/mol. The van der Waals surface area contributed by atoms with E-state index in [2.05, 4.69) is 9.97 Å². The second-order valence-corrected chi connectivity index (χ2v) is 3.21. The highest BCUT2D eigenvalue weighted by Crippen LogP contribution is 2.17. The zero-order valence-electron chi connectivity index (χ0n) is 7.80. The normalized spacial score (nSPS) is 16.1. The van der Waals surface area contributed by atoms with Gasteiger partial charge in [0, 0.05) is 6.07 Å². The second kappa shape index (κ2) is 3.19. The Hall–Kier alpha value is -2.18. The first kappa shape index (κ1) is 9.38.